The second-order valence-corrected chi connectivity index (χ2v) is 6.53. The fourth-order valence-corrected chi connectivity index (χ4v) is 3.92. The largest absolute Gasteiger partial charge is 0.468 e. The number of esters is 1. The van der Waals surface area contributed by atoms with Gasteiger partial charge in [-0.1, -0.05) is 0 Å². The Labute approximate surface area is 118 Å². The van der Waals surface area contributed by atoms with Gasteiger partial charge in [0.25, 0.3) is 10.0 Å². The number of hydrogen-bond donors (Lipinski definition) is 0. The second kappa shape index (κ2) is 5.92. The Morgan fingerprint density at radius 2 is 2.25 bits per heavy atom. The van der Waals surface area contributed by atoms with Gasteiger partial charge >= 0.3 is 5.97 Å². The Hall–Kier alpha value is -1.41. The van der Waals surface area contributed by atoms with E-state index in [9.17, 15) is 13.2 Å². The molecule has 1 saturated heterocycles. The summed E-state index contributed by atoms with van der Waals surface area (Å²) in [6.45, 7) is 2.86. The molecule has 0 saturated carbocycles. The van der Waals surface area contributed by atoms with Crippen molar-refractivity contribution in [1.29, 1.82) is 0 Å². The van der Waals surface area contributed by atoms with Gasteiger partial charge in [-0.15, -0.1) is 0 Å². The smallest absolute Gasteiger partial charge is 0.324 e. The van der Waals surface area contributed by atoms with Crippen molar-refractivity contribution in [3.63, 3.8) is 0 Å². The summed E-state index contributed by atoms with van der Waals surface area (Å²) in [5.41, 5.74) is 0. The van der Waals surface area contributed by atoms with Crippen molar-refractivity contribution in [2.75, 3.05) is 13.7 Å². The van der Waals surface area contributed by atoms with E-state index >= 15 is 0 Å². The molecule has 0 aliphatic carbocycles. The van der Waals surface area contributed by atoms with E-state index in [0.29, 0.717) is 19.5 Å². The molecule has 0 radical (unpaired) electrons. The van der Waals surface area contributed by atoms with E-state index in [1.165, 1.54) is 23.9 Å². The van der Waals surface area contributed by atoms with Crippen LogP contribution >= 0.6 is 0 Å². The van der Waals surface area contributed by atoms with Gasteiger partial charge in [-0.05, 0) is 26.2 Å². The Morgan fingerprint density at radius 3 is 2.85 bits per heavy atom. The average Bonchev–Trinajstić information content (AvgIpc) is 2.96. The highest BCUT2D eigenvalue weighted by Crippen LogP contribution is 2.25. The fourth-order valence-electron chi connectivity index (χ4n) is 2.33. The first kappa shape index (κ1) is 15.0. The molecule has 1 aliphatic rings. The third-order valence-electron chi connectivity index (χ3n) is 3.47. The molecule has 0 bridgehead atoms. The van der Waals surface area contributed by atoms with Crippen LogP contribution in [-0.2, 0) is 26.1 Å². The molecular weight excluding hydrogens is 282 g/mol. The van der Waals surface area contributed by atoms with Gasteiger partial charge in [0.05, 0.1) is 13.4 Å². The molecule has 0 aromatic carbocycles. The van der Waals surface area contributed by atoms with Crippen LogP contribution in [0.1, 0.15) is 26.2 Å². The molecule has 1 aromatic rings. The lowest BCUT2D eigenvalue weighted by atomic mass is 10.1. The number of aromatic nitrogens is 2. The highest BCUT2D eigenvalue weighted by atomic mass is 32.2. The van der Waals surface area contributed by atoms with E-state index in [1.807, 2.05) is 6.92 Å². The molecule has 0 N–H and O–H groups in total. The van der Waals surface area contributed by atoms with Crippen molar-refractivity contribution in [2.24, 2.45) is 0 Å². The molecule has 1 fully saturated rings. The van der Waals surface area contributed by atoms with Crippen LogP contribution in [0.5, 0.6) is 0 Å². The van der Waals surface area contributed by atoms with Crippen LogP contribution in [0.3, 0.4) is 0 Å². The van der Waals surface area contributed by atoms with Gasteiger partial charge in [0.2, 0.25) is 0 Å². The number of carbonyl (C=O) groups excluding carboxylic acids is 1. The maximum atomic E-state index is 12.6. The summed E-state index contributed by atoms with van der Waals surface area (Å²) in [4.78, 5) is 15.7. The molecule has 8 heteroatoms. The first-order valence-electron chi connectivity index (χ1n) is 6.62. The van der Waals surface area contributed by atoms with Crippen LogP contribution in [0.15, 0.2) is 17.6 Å². The highest BCUT2D eigenvalue weighted by molar-refractivity contribution is 7.89. The zero-order valence-electron chi connectivity index (χ0n) is 11.7. The summed E-state index contributed by atoms with van der Waals surface area (Å²) in [6, 6.07) is -0.745. The van der Waals surface area contributed by atoms with Crippen LogP contribution < -0.4 is 0 Å². The summed E-state index contributed by atoms with van der Waals surface area (Å²) in [5, 5.41) is -0.0184. The Kier molecular flexibility index (Phi) is 4.44. The number of methoxy groups -OCH3 is 1. The minimum absolute atomic E-state index is 0.0184. The van der Waals surface area contributed by atoms with Crippen molar-refractivity contribution in [3.8, 4) is 0 Å². The lowest BCUT2D eigenvalue weighted by Crippen LogP contribution is -2.48. The van der Waals surface area contributed by atoms with E-state index in [0.717, 1.165) is 12.8 Å². The number of hydrogen-bond acceptors (Lipinski definition) is 5. The first-order chi connectivity index (χ1) is 9.50. The highest BCUT2D eigenvalue weighted by Gasteiger charge is 2.39. The SMILES string of the molecule is CCn1cnc(S(=O)(=O)N2CCCC[C@@H]2C(=O)OC)c1. The van der Waals surface area contributed by atoms with Crippen LogP contribution in [0, 0.1) is 0 Å². The summed E-state index contributed by atoms with van der Waals surface area (Å²) >= 11 is 0. The standard InChI is InChI=1S/C12H19N3O4S/c1-3-14-8-11(13-9-14)20(17,18)15-7-5-4-6-10(15)12(16)19-2/h8-10H,3-7H2,1-2H3/t10-/m1/s1. The van der Waals surface area contributed by atoms with Crippen molar-refractivity contribution in [3.05, 3.63) is 12.5 Å². The summed E-state index contributed by atoms with van der Waals surface area (Å²) in [6.07, 6.45) is 5.00. The summed E-state index contributed by atoms with van der Waals surface area (Å²) < 4.78 is 32.8. The number of ether oxygens (including phenoxy) is 1. The van der Waals surface area contributed by atoms with Crippen molar-refractivity contribution >= 4 is 16.0 Å². The molecule has 2 rings (SSSR count). The predicted molar refractivity (Wildman–Crippen MR) is 71.4 cm³/mol. The Balaban J connectivity index is 2.32. The Morgan fingerprint density at radius 1 is 1.50 bits per heavy atom. The monoisotopic (exact) mass is 301 g/mol. The Bertz CT molecular complexity index is 581. The quantitative estimate of drug-likeness (QED) is 0.761. The molecule has 20 heavy (non-hydrogen) atoms. The zero-order chi connectivity index (χ0) is 14.8. The van der Waals surface area contributed by atoms with E-state index in [-0.39, 0.29) is 5.03 Å². The molecule has 0 spiro atoms. The maximum absolute atomic E-state index is 12.6. The predicted octanol–water partition coefficient (Wildman–Crippen LogP) is 0.619. The van der Waals surface area contributed by atoms with E-state index in [1.54, 1.807) is 4.57 Å². The topological polar surface area (TPSA) is 81.5 Å². The number of carbonyl (C=O) groups is 1. The normalized spacial score (nSPS) is 20.8. The number of imidazole rings is 1. The number of piperidine rings is 1. The van der Waals surface area contributed by atoms with Crippen LogP contribution in [-0.4, -0.2) is 47.9 Å². The van der Waals surface area contributed by atoms with Gasteiger partial charge < -0.3 is 9.30 Å². The number of nitrogens with zero attached hydrogens (tertiary/aromatic N) is 3. The van der Waals surface area contributed by atoms with Gasteiger partial charge in [-0.2, -0.15) is 4.31 Å². The third kappa shape index (κ3) is 2.71. The van der Waals surface area contributed by atoms with Gasteiger partial charge in [0, 0.05) is 19.3 Å². The third-order valence-corrected chi connectivity index (χ3v) is 5.27. The van der Waals surface area contributed by atoms with Gasteiger partial charge in [0.15, 0.2) is 5.03 Å². The molecule has 1 atom stereocenters. The minimum Gasteiger partial charge on any atom is -0.468 e. The van der Waals surface area contributed by atoms with Crippen molar-refractivity contribution in [2.45, 2.75) is 43.8 Å². The fraction of sp³-hybridized carbons (Fsp3) is 0.667. The average molecular weight is 301 g/mol. The number of aryl methyl sites for hydroxylation is 1. The molecule has 1 aromatic heterocycles. The molecule has 1 aliphatic heterocycles. The van der Waals surface area contributed by atoms with Crippen LogP contribution in [0.25, 0.3) is 0 Å². The lowest BCUT2D eigenvalue weighted by molar-refractivity contribution is -0.146. The first-order valence-corrected chi connectivity index (χ1v) is 8.06. The van der Waals surface area contributed by atoms with Gasteiger partial charge in [0.1, 0.15) is 6.04 Å². The van der Waals surface area contributed by atoms with E-state index < -0.39 is 22.0 Å². The molecule has 112 valence electrons. The van der Waals surface area contributed by atoms with Crippen LogP contribution in [0.4, 0.5) is 0 Å². The van der Waals surface area contributed by atoms with Crippen molar-refractivity contribution in [1.82, 2.24) is 13.9 Å². The summed E-state index contributed by atoms with van der Waals surface area (Å²) in [5.74, 6) is -0.511. The minimum atomic E-state index is -3.76. The van der Waals surface area contributed by atoms with E-state index in [4.69, 9.17) is 4.74 Å². The van der Waals surface area contributed by atoms with Crippen LogP contribution in [0.2, 0.25) is 0 Å². The maximum Gasteiger partial charge on any atom is 0.324 e. The lowest BCUT2D eigenvalue weighted by Gasteiger charge is -2.31. The molecule has 2 heterocycles. The number of sulfonamides is 1. The molecule has 7 nitrogen and oxygen atoms in total. The summed E-state index contributed by atoms with van der Waals surface area (Å²) in [7, 11) is -2.48. The molecule has 0 amide bonds. The molecular formula is C12H19N3O4S. The number of rotatable bonds is 4. The zero-order valence-corrected chi connectivity index (χ0v) is 12.5. The van der Waals surface area contributed by atoms with Gasteiger partial charge in [-0.3, -0.25) is 4.79 Å². The van der Waals surface area contributed by atoms with Gasteiger partial charge in [-0.25, -0.2) is 13.4 Å². The van der Waals surface area contributed by atoms with E-state index in [2.05, 4.69) is 4.98 Å². The van der Waals surface area contributed by atoms with Crippen molar-refractivity contribution < 1.29 is 17.9 Å². The second-order valence-electron chi connectivity index (χ2n) is 4.69. The molecule has 0 unspecified atom stereocenters.